The Labute approximate surface area is 119 Å². The van der Waals surface area contributed by atoms with E-state index in [1.54, 1.807) is 6.07 Å². The fraction of sp³-hybridized carbons (Fsp3) is 0.294. The van der Waals surface area contributed by atoms with Crippen molar-refractivity contribution in [1.29, 1.82) is 0 Å². The fourth-order valence-electron chi connectivity index (χ4n) is 2.15. The van der Waals surface area contributed by atoms with Gasteiger partial charge in [-0.3, -0.25) is 0 Å². The molecule has 0 fully saturated rings. The summed E-state index contributed by atoms with van der Waals surface area (Å²) >= 11 is 0. The molecule has 1 N–H and O–H groups in total. The molecule has 106 valence electrons. The molecule has 2 aromatic rings. The highest BCUT2D eigenvalue weighted by molar-refractivity contribution is 5.68. The van der Waals surface area contributed by atoms with Crippen LogP contribution in [-0.4, -0.2) is 13.2 Å². The molecule has 0 radical (unpaired) electrons. The van der Waals surface area contributed by atoms with Crippen molar-refractivity contribution in [3.63, 3.8) is 0 Å². The summed E-state index contributed by atoms with van der Waals surface area (Å²) in [5.74, 6) is 0.652. The van der Waals surface area contributed by atoms with Gasteiger partial charge in [0, 0.05) is 6.54 Å². The molecule has 3 heteroatoms. The molecule has 0 aliphatic heterocycles. The average Bonchev–Trinajstić information content (AvgIpc) is 2.47. The van der Waals surface area contributed by atoms with Gasteiger partial charge in [0.25, 0.3) is 0 Å². The third-order valence-corrected chi connectivity index (χ3v) is 3.11. The SMILES string of the molecule is CCNCc1cc(F)ccc1-c1ccc(OCC)cc1. The molecular formula is C17H20FNO. The summed E-state index contributed by atoms with van der Waals surface area (Å²) in [6.07, 6.45) is 0. The van der Waals surface area contributed by atoms with Crippen LogP contribution in [0.1, 0.15) is 19.4 Å². The van der Waals surface area contributed by atoms with E-state index in [4.69, 9.17) is 4.74 Å². The number of rotatable bonds is 6. The fourth-order valence-corrected chi connectivity index (χ4v) is 2.15. The van der Waals surface area contributed by atoms with Crippen LogP contribution in [0.3, 0.4) is 0 Å². The van der Waals surface area contributed by atoms with Gasteiger partial charge in [-0.05, 0) is 54.4 Å². The Balaban J connectivity index is 2.30. The molecule has 0 bridgehead atoms. The van der Waals surface area contributed by atoms with Crippen molar-refractivity contribution in [2.45, 2.75) is 20.4 Å². The maximum atomic E-state index is 13.4. The van der Waals surface area contributed by atoms with Crippen LogP contribution in [0, 0.1) is 5.82 Å². The first-order valence-corrected chi connectivity index (χ1v) is 6.97. The van der Waals surface area contributed by atoms with Gasteiger partial charge in [-0.25, -0.2) is 4.39 Å². The molecule has 20 heavy (non-hydrogen) atoms. The number of nitrogens with one attached hydrogen (secondary N) is 1. The Morgan fingerprint density at radius 2 is 1.80 bits per heavy atom. The minimum Gasteiger partial charge on any atom is -0.494 e. The van der Waals surface area contributed by atoms with E-state index in [1.165, 1.54) is 6.07 Å². The first kappa shape index (κ1) is 14.5. The molecule has 0 unspecified atom stereocenters. The van der Waals surface area contributed by atoms with Gasteiger partial charge in [-0.1, -0.05) is 25.1 Å². The van der Waals surface area contributed by atoms with Crippen LogP contribution in [0.5, 0.6) is 5.75 Å². The van der Waals surface area contributed by atoms with Gasteiger partial charge in [-0.2, -0.15) is 0 Å². The van der Waals surface area contributed by atoms with Crippen molar-refractivity contribution in [2.75, 3.05) is 13.2 Å². The normalized spacial score (nSPS) is 10.6. The Morgan fingerprint density at radius 1 is 1.05 bits per heavy atom. The van der Waals surface area contributed by atoms with E-state index in [2.05, 4.69) is 5.32 Å². The quantitative estimate of drug-likeness (QED) is 0.859. The van der Waals surface area contributed by atoms with Gasteiger partial charge < -0.3 is 10.1 Å². The van der Waals surface area contributed by atoms with E-state index in [-0.39, 0.29) is 5.82 Å². The molecule has 0 aromatic heterocycles. The van der Waals surface area contributed by atoms with E-state index in [9.17, 15) is 4.39 Å². The van der Waals surface area contributed by atoms with Crippen LogP contribution in [0.25, 0.3) is 11.1 Å². The predicted molar refractivity (Wildman–Crippen MR) is 80.4 cm³/mol. The average molecular weight is 273 g/mol. The smallest absolute Gasteiger partial charge is 0.123 e. The van der Waals surface area contributed by atoms with Crippen molar-refractivity contribution >= 4 is 0 Å². The number of ether oxygens (including phenoxy) is 1. The second-order valence-electron chi connectivity index (χ2n) is 4.54. The first-order valence-electron chi connectivity index (χ1n) is 6.97. The molecule has 2 aromatic carbocycles. The van der Waals surface area contributed by atoms with Gasteiger partial charge in [-0.15, -0.1) is 0 Å². The molecule has 0 amide bonds. The monoisotopic (exact) mass is 273 g/mol. The molecule has 0 spiro atoms. The molecule has 2 nitrogen and oxygen atoms in total. The van der Waals surface area contributed by atoms with Gasteiger partial charge in [0.15, 0.2) is 0 Å². The van der Waals surface area contributed by atoms with Crippen LogP contribution in [-0.2, 0) is 6.54 Å². The standard InChI is InChI=1S/C17H20FNO/c1-3-19-12-14-11-15(18)7-10-17(14)13-5-8-16(9-6-13)20-4-2/h5-11,19H,3-4,12H2,1-2H3. The van der Waals surface area contributed by atoms with E-state index < -0.39 is 0 Å². The zero-order valence-electron chi connectivity index (χ0n) is 11.9. The van der Waals surface area contributed by atoms with E-state index in [0.29, 0.717) is 13.2 Å². The van der Waals surface area contributed by atoms with Gasteiger partial charge >= 0.3 is 0 Å². The van der Waals surface area contributed by atoms with Crippen molar-refractivity contribution in [2.24, 2.45) is 0 Å². The molecule has 0 saturated heterocycles. The van der Waals surface area contributed by atoms with E-state index in [1.807, 2.05) is 44.2 Å². The zero-order valence-corrected chi connectivity index (χ0v) is 11.9. The summed E-state index contributed by atoms with van der Waals surface area (Å²) in [4.78, 5) is 0. The Kier molecular flexibility index (Phi) is 5.13. The molecule has 0 aliphatic rings. The van der Waals surface area contributed by atoms with Gasteiger partial charge in [0.05, 0.1) is 6.61 Å². The molecular weight excluding hydrogens is 253 g/mol. The minimum absolute atomic E-state index is 0.201. The number of hydrogen-bond donors (Lipinski definition) is 1. The largest absolute Gasteiger partial charge is 0.494 e. The highest BCUT2D eigenvalue weighted by atomic mass is 19.1. The lowest BCUT2D eigenvalue weighted by Crippen LogP contribution is -2.12. The molecule has 0 aliphatic carbocycles. The lowest BCUT2D eigenvalue weighted by atomic mass is 9.99. The molecule has 0 heterocycles. The third-order valence-electron chi connectivity index (χ3n) is 3.11. The lowest BCUT2D eigenvalue weighted by molar-refractivity contribution is 0.340. The Morgan fingerprint density at radius 3 is 2.45 bits per heavy atom. The van der Waals surface area contributed by atoms with Gasteiger partial charge in [0.1, 0.15) is 11.6 Å². The summed E-state index contributed by atoms with van der Waals surface area (Å²) in [6, 6.07) is 12.8. The van der Waals surface area contributed by atoms with E-state index in [0.717, 1.165) is 29.0 Å². The van der Waals surface area contributed by atoms with Crippen molar-refractivity contribution in [3.8, 4) is 16.9 Å². The maximum Gasteiger partial charge on any atom is 0.123 e. The van der Waals surface area contributed by atoms with Crippen molar-refractivity contribution in [1.82, 2.24) is 5.32 Å². The summed E-state index contributed by atoms with van der Waals surface area (Å²) in [5.41, 5.74) is 3.09. The van der Waals surface area contributed by atoms with Crippen LogP contribution in [0.4, 0.5) is 4.39 Å². The highest BCUT2D eigenvalue weighted by Crippen LogP contribution is 2.26. The summed E-state index contributed by atoms with van der Waals surface area (Å²) in [5, 5.41) is 3.24. The van der Waals surface area contributed by atoms with Crippen molar-refractivity contribution < 1.29 is 9.13 Å². The molecule has 0 saturated carbocycles. The second kappa shape index (κ2) is 7.06. The van der Waals surface area contributed by atoms with E-state index >= 15 is 0 Å². The van der Waals surface area contributed by atoms with Crippen LogP contribution in [0.2, 0.25) is 0 Å². The van der Waals surface area contributed by atoms with Crippen LogP contribution < -0.4 is 10.1 Å². The Bertz CT molecular complexity index is 551. The summed E-state index contributed by atoms with van der Waals surface area (Å²) in [6.45, 7) is 6.18. The minimum atomic E-state index is -0.201. The predicted octanol–water partition coefficient (Wildman–Crippen LogP) is 4.00. The second-order valence-corrected chi connectivity index (χ2v) is 4.54. The van der Waals surface area contributed by atoms with Crippen LogP contribution in [0.15, 0.2) is 42.5 Å². The lowest BCUT2D eigenvalue weighted by Gasteiger charge is -2.11. The van der Waals surface area contributed by atoms with Crippen molar-refractivity contribution in [3.05, 3.63) is 53.8 Å². The topological polar surface area (TPSA) is 21.3 Å². The number of halogens is 1. The summed E-state index contributed by atoms with van der Waals surface area (Å²) in [7, 11) is 0. The maximum absolute atomic E-state index is 13.4. The zero-order chi connectivity index (χ0) is 14.4. The summed E-state index contributed by atoms with van der Waals surface area (Å²) < 4.78 is 18.8. The molecule has 2 rings (SSSR count). The highest BCUT2D eigenvalue weighted by Gasteiger charge is 2.06. The van der Waals surface area contributed by atoms with Gasteiger partial charge in [0.2, 0.25) is 0 Å². The number of hydrogen-bond acceptors (Lipinski definition) is 2. The third kappa shape index (κ3) is 3.58. The molecule has 0 atom stereocenters. The van der Waals surface area contributed by atoms with Crippen LogP contribution >= 0.6 is 0 Å². The number of benzene rings is 2. The first-order chi connectivity index (χ1) is 9.74. The Hall–Kier alpha value is -1.87.